The molecule has 0 saturated heterocycles. The first-order valence-corrected chi connectivity index (χ1v) is 12.7. The van der Waals surface area contributed by atoms with Crippen molar-refractivity contribution in [3.8, 4) is 0 Å². The summed E-state index contributed by atoms with van der Waals surface area (Å²) in [6.45, 7) is 3.66. The smallest absolute Gasteiger partial charge is 0.343 e. The fourth-order valence-electron chi connectivity index (χ4n) is 5.16. The minimum atomic E-state index is -2.90. The predicted molar refractivity (Wildman–Crippen MR) is 132 cm³/mol. The molecular weight excluding hydrogens is 462 g/mol. The van der Waals surface area contributed by atoms with Crippen molar-refractivity contribution >= 4 is 5.97 Å². The zero-order chi connectivity index (χ0) is 25.6. The van der Waals surface area contributed by atoms with Crippen molar-refractivity contribution in [3.63, 3.8) is 0 Å². The summed E-state index contributed by atoms with van der Waals surface area (Å²) in [5, 5.41) is 11.5. The number of aryl methyl sites for hydroxylation is 3. The van der Waals surface area contributed by atoms with Crippen LogP contribution in [0.5, 0.6) is 0 Å². The lowest BCUT2D eigenvalue weighted by molar-refractivity contribution is -0.702. The maximum Gasteiger partial charge on any atom is 0.343 e. The zero-order valence-electron chi connectivity index (χ0n) is 20.8. The van der Waals surface area contributed by atoms with E-state index in [1.165, 1.54) is 5.56 Å². The van der Waals surface area contributed by atoms with Gasteiger partial charge in [-0.3, -0.25) is 0 Å². The molecule has 2 aromatic carbocycles. The molecule has 36 heavy (non-hydrogen) atoms. The molecule has 0 aliphatic heterocycles. The van der Waals surface area contributed by atoms with E-state index in [2.05, 4.69) is 28.2 Å². The summed E-state index contributed by atoms with van der Waals surface area (Å²) in [4.78, 5) is 13.1. The summed E-state index contributed by atoms with van der Waals surface area (Å²) in [5.74, 6) is -3.54. The van der Waals surface area contributed by atoms with Crippen LogP contribution in [0.1, 0.15) is 49.1 Å². The van der Waals surface area contributed by atoms with Crippen LogP contribution in [-0.2, 0) is 34.6 Å². The van der Waals surface area contributed by atoms with Crippen LogP contribution >= 0.6 is 0 Å². The third kappa shape index (κ3) is 6.01. The van der Waals surface area contributed by atoms with Crippen molar-refractivity contribution in [2.24, 2.45) is 5.92 Å². The Morgan fingerprint density at radius 2 is 1.86 bits per heavy atom. The number of hydrogen-bond acceptors (Lipinski definition) is 3. The summed E-state index contributed by atoms with van der Waals surface area (Å²) in [5.41, 5.74) is -0.501. The van der Waals surface area contributed by atoms with Gasteiger partial charge in [-0.05, 0) is 24.0 Å². The Labute approximate surface area is 211 Å². The summed E-state index contributed by atoms with van der Waals surface area (Å²) in [7, 11) is 0. The van der Waals surface area contributed by atoms with E-state index in [-0.39, 0.29) is 19.4 Å². The van der Waals surface area contributed by atoms with Gasteiger partial charge in [0.05, 0.1) is 19.7 Å². The van der Waals surface area contributed by atoms with Gasteiger partial charge in [0.1, 0.15) is 12.4 Å². The zero-order valence-corrected chi connectivity index (χ0v) is 20.8. The third-order valence-corrected chi connectivity index (χ3v) is 7.27. The number of ether oxygens (including phenoxy) is 1. The highest BCUT2D eigenvalue weighted by atomic mass is 19.3. The number of benzene rings is 2. The molecule has 0 amide bonds. The van der Waals surface area contributed by atoms with Crippen molar-refractivity contribution in [1.29, 1.82) is 0 Å². The average molecular weight is 498 g/mol. The lowest BCUT2D eigenvalue weighted by Gasteiger charge is -2.39. The molecule has 192 valence electrons. The molecule has 7 heteroatoms. The Kier molecular flexibility index (Phi) is 8.19. The Balaban J connectivity index is 1.35. The van der Waals surface area contributed by atoms with E-state index in [1.807, 2.05) is 30.6 Å². The number of aromatic nitrogens is 2. The van der Waals surface area contributed by atoms with Crippen LogP contribution < -0.4 is 4.57 Å². The summed E-state index contributed by atoms with van der Waals surface area (Å²) in [6, 6.07) is 18.7. The molecule has 5 nitrogen and oxygen atoms in total. The van der Waals surface area contributed by atoms with E-state index < -0.39 is 29.8 Å². The highest BCUT2D eigenvalue weighted by Crippen LogP contribution is 2.45. The quantitative estimate of drug-likeness (QED) is 0.244. The van der Waals surface area contributed by atoms with Gasteiger partial charge in [-0.15, -0.1) is 0 Å². The van der Waals surface area contributed by atoms with E-state index in [0.29, 0.717) is 24.9 Å². The van der Waals surface area contributed by atoms with Crippen LogP contribution in [0.2, 0.25) is 0 Å². The second-order valence-electron chi connectivity index (χ2n) is 9.74. The maximum atomic E-state index is 14.2. The Morgan fingerprint density at radius 1 is 1.17 bits per heavy atom. The first-order chi connectivity index (χ1) is 17.3. The third-order valence-electron chi connectivity index (χ3n) is 7.27. The van der Waals surface area contributed by atoms with E-state index in [0.717, 1.165) is 18.8 Å². The van der Waals surface area contributed by atoms with Gasteiger partial charge >= 0.3 is 5.97 Å². The van der Waals surface area contributed by atoms with Crippen LogP contribution in [0.15, 0.2) is 73.1 Å². The first-order valence-electron chi connectivity index (χ1n) is 12.7. The topological polar surface area (TPSA) is 55.3 Å². The summed E-state index contributed by atoms with van der Waals surface area (Å²) < 4.78 is 38.2. The second kappa shape index (κ2) is 11.3. The molecule has 0 radical (unpaired) electrons. The molecule has 0 bridgehead atoms. The lowest BCUT2D eigenvalue weighted by Crippen LogP contribution is -2.48. The number of halogens is 2. The number of imidazole rings is 1. The number of esters is 1. The molecule has 3 aromatic rings. The van der Waals surface area contributed by atoms with Crippen molar-refractivity contribution in [2.75, 3.05) is 6.61 Å². The molecular formula is C29H35F2N2O3+. The van der Waals surface area contributed by atoms with Gasteiger partial charge in [-0.25, -0.2) is 22.7 Å². The normalized spacial score (nSPS) is 18.9. The monoisotopic (exact) mass is 497 g/mol. The van der Waals surface area contributed by atoms with Gasteiger partial charge in [0, 0.05) is 38.5 Å². The number of aliphatic hydroxyl groups is 1. The van der Waals surface area contributed by atoms with E-state index in [4.69, 9.17) is 4.74 Å². The Bertz CT molecular complexity index is 1130. The SMILES string of the molecule is Cc1n(CCc2ccccc2)cc[n+]1CCCOC(=O)[C@](O)(c1ccccc1)[C@@H]1CCCC(F)(F)C1. The van der Waals surface area contributed by atoms with Gasteiger partial charge in [0.2, 0.25) is 5.92 Å². The van der Waals surface area contributed by atoms with E-state index >= 15 is 0 Å². The second-order valence-corrected chi connectivity index (χ2v) is 9.74. The number of nitrogens with zero attached hydrogens (tertiary/aromatic N) is 2. The van der Waals surface area contributed by atoms with Gasteiger partial charge < -0.3 is 9.84 Å². The molecule has 1 aliphatic carbocycles. The number of carbonyl (C=O) groups is 1. The standard InChI is InChI=1S/C29H35F2N2O3/c1-23-32(19-20-33(23)18-15-24-10-4-2-5-11-24)17-9-21-36-27(34)29(35,25-12-6-3-7-13-25)26-14-8-16-28(30,31)22-26/h2-7,10-13,19-20,26,35H,8-9,14-18,21-22H2,1H3/q+1/t26-,29+/m1/s1. The van der Waals surface area contributed by atoms with Gasteiger partial charge in [0.15, 0.2) is 5.60 Å². The van der Waals surface area contributed by atoms with Gasteiger partial charge in [0.25, 0.3) is 5.82 Å². The van der Waals surface area contributed by atoms with Crippen molar-refractivity contribution < 1.29 is 28.0 Å². The van der Waals surface area contributed by atoms with Gasteiger partial charge in [-0.1, -0.05) is 60.7 Å². The first kappa shape index (κ1) is 26.0. The minimum Gasteiger partial charge on any atom is -0.463 e. The Morgan fingerprint density at radius 3 is 2.56 bits per heavy atom. The summed E-state index contributed by atoms with van der Waals surface area (Å²) in [6.07, 6.45) is 5.40. The van der Waals surface area contributed by atoms with Crippen molar-refractivity contribution in [1.82, 2.24) is 4.57 Å². The van der Waals surface area contributed by atoms with Crippen LogP contribution in [0.25, 0.3) is 0 Å². The average Bonchev–Trinajstić information content (AvgIpc) is 3.24. The largest absolute Gasteiger partial charge is 0.463 e. The van der Waals surface area contributed by atoms with Crippen molar-refractivity contribution in [2.45, 2.75) is 70.1 Å². The highest BCUT2D eigenvalue weighted by Gasteiger charge is 2.52. The summed E-state index contributed by atoms with van der Waals surface area (Å²) >= 11 is 0. The number of hydrogen-bond donors (Lipinski definition) is 1. The Hall–Kier alpha value is -3.06. The molecule has 1 aliphatic rings. The molecule has 1 fully saturated rings. The van der Waals surface area contributed by atoms with Crippen LogP contribution in [-0.4, -0.2) is 28.2 Å². The molecule has 0 unspecified atom stereocenters. The molecule has 1 N–H and O–H groups in total. The molecule has 4 rings (SSSR count). The van der Waals surface area contributed by atoms with Crippen LogP contribution in [0.3, 0.4) is 0 Å². The molecule has 1 aromatic heterocycles. The molecule has 0 spiro atoms. The van der Waals surface area contributed by atoms with Crippen LogP contribution in [0, 0.1) is 12.8 Å². The molecule has 1 heterocycles. The van der Waals surface area contributed by atoms with Gasteiger partial charge in [-0.2, -0.15) is 0 Å². The lowest BCUT2D eigenvalue weighted by atomic mass is 9.72. The van der Waals surface area contributed by atoms with Crippen LogP contribution in [0.4, 0.5) is 8.78 Å². The van der Waals surface area contributed by atoms with E-state index in [9.17, 15) is 18.7 Å². The molecule has 2 atom stereocenters. The molecule has 1 saturated carbocycles. The minimum absolute atomic E-state index is 0.0960. The fraction of sp³-hybridized carbons (Fsp3) is 0.448. The number of alkyl halides is 2. The fourth-order valence-corrected chi connectivity index (χ4v) is 5.16. The number of rotatable bonds is 10. The van der Waals surface area contributed by atoms with Crippen molar-refractivity contribution in [3.05, 3.63) is 90.0 Å². The maximum absolute atomic E-state index is 14.2. The highest BCUT2D eigenvalue weighted by molar-refractivity contribution is 5.81. The number of carbonyl (C=O) groups excluding carboxylic acids is 1. The van der Waals surface area contributed by atoms with E-state index in [1.54, 1.807) is 30.3 Å². The predicted octanol–water partition coefficient (Wildman–Crippen LogP) is 4.97.